The van der Waals surface area contributed by atoms with Gasteiger partial charge in [-0.1, -0.05) is 129 Å². The van der Waals surface area contributed by atoms with Crippen LogP contribution in [-0.2, 0) is 9.53 Å². The molecular formula is C36H70N2O2. The van der Waals surface area contributed by atoms with Crippen LogP contribution in [0.25, 0.3) is 0 Å². The molecule has 2 heterocycles. The summed E-state index contributed by atoms with van der Waals surface area (Å²) < 4.78 is 6.99. The van der Waals surface area contributed by atoms with Gasteiger partial charge in [0, 0.05) is 30.5 Å². The van der Waals surface area contributed by atoms with Gasteiger partial charge in [-0.05, 0) is 53.9 Å². The van der Waals surface area contributed by atoms with Crippen molar-refractivity contribution in [2.24, 2.45) is 0 Å². The van der Waals surface area contributed by atoms with E-state index in [0.29, 0.717) is 0 Å². The predicted molar refractivity (Wildman–Crippen MR) is 173 cm³/mol. The second kappa shape index (κ2) is 17.5. The zero-order chi connectivity index (χ0) is 29.5. The minimum atomic E-state index is -0.688. The molecular weight excluding hydrogens is 492 g/mol. The van der Waals surface area contributed by atoms with Gasteiger partial charge in [0.15, 0.2) is 5.60 Å². The molecule has 236 valence electrons. The molecule has 2 aliphatic rings. The Morgan fingerprint density at radius 2 is 0.975 bits per heavy atom. The quantitative estimate of drug-likeness (QED) is 0.133. The van der Waals surface area contributed by atoms with Gasteiger partial charge in [0.05, 0.1) is 0 Å². The molecule has 1 spiro atoms. The number of hydrogen-bond acceptors (Lipinski definition) is 3. The van der Waals surface area contributed by atoms with Gasteiger partial charge in [0.2, 0.25) is 0 Å². The van der Waals surface area contributed by atoms with Crippen molar-refractivity contribution in [3.63, 3.8) is 0 Å². The number of nitrogens with zero attached hydrogens (tertiary/aromatic N) is 1. The molecule has 1 atom stereocenters. The Labute approximate surface area is 250 Å². The highest BCUT2D eigenvalue weighted by molar-refractivity contribution is 5.88. The van der Waals surface area contributed by atoms with E-state index in [0.717, 1.165) is 38.6 Å². The number of rotatable bonds is 22. The largest absolute Gasteiger partial charge is 0.339 e. The lowest BCUT2D eigenvalue weighted by atomic mass is 9.72. The molecule has 2 saturated heterocycles. The molecule has 1 amide bonds. The summed E-state index contributed by atoms with van der Waals surface area (Å²) in [6, 6.07) is 0. The summed E-state index contributed by atoms with van der Waals surface area (Å²) in [5.74, 6) is 0.255. The van der Waals surface area contributed by atoms with Crippen LogP contribution in [0.1, 0.15) is 196 Å². The number of carbonyl (C=O) groups is 1. The lowest BCUT2D eigenvalue weighted by molar-refractivity contribution is -0.165. The number of nitrogens with one attached hydrogen (secondary N) is 1. The highest BCUT2D eigenvalue weighted by Gasteiger charge is 2.62. The Kier molecular flexibility index (Phi) is 15.6. The number of hydrogen-bond donors (Lipinski definition) is 1. The minimum Gasteiger partial charge on any atom is -0.339 e. The van der Waals surface area contributed by atoms with Crippen LogP contribution in [0.5, 0.6) is 0 Å². The highest BCUT2D eigenvalue weighted by atomic mass is 16.6. The van der Waals surface area contributed by atoms with Crippen molar-refractivity contribution in [3.8, 4) is 0 Å². The normalized spacial score (nSPS) is 23.4. The first-order valence-corrected chi connectivity index (χ1v) is 17.8. The molecule has 40 heavy (non-hydrogen) atoms. The Morgan fingerprint density at radius 1 is 0.600 bits per heavy atom. The SMILES string of the molecule is CCCCCCCCCCCCCCCCCCC1(C)OC2(CC(C)(C)NC(C)(C)C2)C(=O)N1CCCCCC. The zero-order valence-corrected chi connectivity index (χ0v) is 28.2. The van der Waals surface area contributed by atoms with Crippen molar-refractivity contribution in [3.05, 3.63) is 0 Å². The Bertz CT molecular complexity index is 687. The molecule has 2 aliphatic heterocycles. The van der Waals surface area contributed by atoms with Crippen LogP contribution in [0.4, 0.5) is 0 Å². The predicted octanol–water partition coefficient (Wildman–Crippen LogP) is 10.5. The van der Waals surface area contributed by atoms with Gasteiger partial charge in [-0.2, -0.15) is 0 Å². The van der Waals surface area contributed by atoms with Crippen molar-refractivity contribution in [1.82, 2.24) is 10.2 Å². The fourth-order valence-electron chi connectivity index (χ4n) is 7.92. The molecule has 1 N–H and O–H groups in total. The number of piperidine rings is 1. The van der Waals surface area contributed by atoms with Crippen LogP contribution in [0.2, 0.25) is 0 Å². The van der Waals surface area contributed by atoms with Gasteiger partial charge in [0.1, 0.15) is 5.72 Å². The van der Waals surface area contributed by atoms with Crippen LogP contribution in [-0.4, -0.2) is 39.8 Å². The summed E-state index contributed by atoms with van der Waals surface area (Å²) in [4.78, 5) is 16.2. The highest BCUT2D eigenvalue weighted by Crippen LogP contribution is 2.49. The summed E-state index contributed by atoms with van der Waals surface area (Å²) in [5.41, 5.74) is -1.40. The van der Waals surface area contributed by atoms with Crippen LogP contribution >= 0.6 is 0 Å². The number of ether oxygens (including phenoxy) is 1. The maximum Gasteiger partial charge on any atom is 0.257 e. The van der Waals surface area contributed by atoms with E-state index in [9.17, 15) is 4.79 Å². The Balaban J connectivity index is 1.72. The first-order chi connectivity index (χ1) is 19.0. The van der Waals surface area contributed by atoms with Crippen molar-refractivity contribution >= 4 is 5.91 Å². The summed E-state index contributed by atoms with van der Waals surface area (Å²) >= 11 is 0. The van der Waals surface area contributed by atoms with Gasteiger partial charge in [-0.15, -0.1) is 0 Å². The van der Waals surface area contributed by atoms with Crippen molar-refractivity contribution in [1.29, 1.82) is 0 Å². The molecule has 0 saturated carbocycles. The molecule has 4 heteroatoms. The number of unbranched alkanes of at least 4 members (excludes halogenated alkanes) is 18. The van der Waals surface area contributed by atoms with Crippen LogP contribution in [0, 0.1) is 0 Å². The third-order valence-electron chi connectivity index (χ3n) is 9.48. The summed E-state index contributed by atoms with van der Waals surface area (Å²) in [6.45, 7) is 16.5. The molecule has 0 aliphatic carbocycles. The molecule has 1 unspecified atom stereocenters. The van der Waals surface area contributed by atoms with E-state index in [-0.39, 0.29) is 17.0 Å². The molecule has 0 radical (unpaired) electrons. The zero-order valence-electron chi connectivity index (χ0n) is 28.2. The van der Waals surface area contributed by atoms with Gasteiger partial charge in [-0.25, -0.2) is 0 Å². The van der Waals surface area contributed by atoms with Crippen LogP contribution in [0.15, 0.2) is 0 Å². The minimum absolute atomic E-state index is 0.120. The van der Waals surface area contributed by atoms with Crippen molar-refractivity contribution in [2.45, 2.75) is 219 Å². The lowest BCUT2D eigenvalue weighted by Crippen LogP contribution is -2.65. The third kappa shape index (κ3) is 11.9. The molecule has 0 bridgehead atoms. The first kappa shape index (κ1) is 35.6. The molecule has 0 aromatic rings. The van der Waals surface area contributed by atoms with Crippen molar-refractivity contribution < 1.29 is 9.53 Å². The van der Waals surface area contributed by atoms with E-state index in [1.807, 2.05) is 0 Å². The van der Waals surface area contributed by atoms with Crippen LogP contribution in [0.3, 0.4) is 0 Å². The monoisotopic (exact) mass is 563 g/mol. The van der Waals surface area contributed by atoms with E-state index in [1.54, 1.807) is 0 Å². The lowest BCUT2D eigenvalue weighted by Gasteiger charge is -2.50. The maximum atomic E-state index is 14.1. The van der Waals surface area contributed by atoms with E-state index in [1.165, 1.54) is 116 Å². The molecule has 0 aromatic carbocycles. The fourth-order valence-corrected chi connectivity index (χ4v) is 7.92. The molecule has 0 aromatic heterocycles. The standard InChI is InChI=1S/C36H70N2O2/c1-8-10-12-14-15-16-17-18-19-20-21-22-23-24-25-26-28-35(7)38(29-27-13-11-9-2)32(39)36(40-35)30-33(3,4)37-34(5,6)31-36/h37H,8-31H2,1-7H3. The number of amides is 1. The van der Waals surface area contributed by atoms with E-state index in [2.05, 4.69) is 58.7 Å². The molecule has 2 rings (SSSR count). The number of carbonyl (C=O) groups excluding carboxylic acids is 1. The second-order valence-corrected chi connectivity index (χ2v) is 15.1. The molecule has 4 nitrogen and oxygen atoms in total. The van der Waals surface area contributed by atoms with E-state index in [4.69, 9.17) is 4.74 Å². The molecule has 2 fully saturated rings. The van der Waals surface area contributed by atoms with Gasteiger partial charge >= 0.3 is 0 Å². The van der Waals surface area contributed by atoms with Gasteiger partial charge in [0.25, 0.3) is 5.91 Å². The smallest absolute Gasteiger partial charge is 0.257 e. The second-order valence-electron chi connectivity index (χ2n) is 15.1. The van der Waals surface area contributed by atoms with Gasteiger partial charge < -0.3 is 15.0 Å². The van der Waals surface area contributed by atoms with E-state index < -0.39 is 11.3 Å². The summed E-state index contributed by atoms with van der Waals surface area (Å²) in [6.07, 6.45) is 29.3. The topological polar surface area (TPSA) is 41.6 Å². The summed E-state index contributed by atoms with van der Waals surface area (Å²) in [7, 11) is 0. The Morgan fingerprint density at radius 3 is 1.40 bits per heavy atom. The maximum absolute atomic E-state index is 14.1. The van der Waals surface area contributed by atoms with E-state index >= 15 is 0 Å². The average molecular weight is 563 g/mol. The Hall–Kier alpha value is -0.610. The van der Waals surface area contributed by atoms with Crippen molar-refractivity contribution in [2.75, 3.05) is 6.54 Å². The van der Waals surface area contributed by atoms with Gasteiger partial charge in [-0.3, -0.25) is 4.79 Å². The fraction of sp³-hybridized carbons (Fsp3) is 0.972. The van der Waals surface area contributed by atoms with Crippen LogP contribution < -0.4 is 5.32 Å². The first-order valence-electron chi connectivity index (χ1n) is 17.8. The third-order valence-corrected chi connectivity index (χ3v) is 9.48. The summed E-state index contributed by atoms with van der Waals surface area (Å²) in [5, 5.41) is 3.76. The average Bonchev–Trinajstić information content (AvgIpc) is 3.04.